The molecule has 0 atom stereocenters. The molecule has 0 heterocycles. The normalized spacial score (nSPS) is 10.7. The summed E-state index contributed by atoms with van der Waals surface area (Å²) in [6.07, 6.45) is 0. The van der Waals surface area contributed by atoms with Crippen molar-refractivity contribution in [2.45, 2.75) is 26.2 Å². The molecule has 0 aliphatic carbocycles. The molecule has 36 heavy (non-hydrogen) atoms. The van der Waals surface area contributed by atoms with Gasteiger partial charge in [0.05, 0.1) is 0 Å². The molecule has 0 unspecified atom stereocenters. The lowest BCUT2D eigenvalue weighted by Gasteiger charge is -2.28. The van der Waals surface area contributed by atoms with Crippen LogP contribution in [0.5, 0.6) is 0 Å². The lowest BCUT2D eigenvalue weighted by atomic mass is 10.1. The Kier molecular flexibility index (Phi) is 7.75. The van der Waals surface area contributed by atoms with E-state index in [9.17, 15) is 0 Å². The van der Waals surface area contributed by atoms with Gasteiger partial charge in [0, 0.05) is 37.6 Å². The summed E-state index contributed by atoms with van der Waals surface area (Å²) in [5.74, 6) is 0. The number of hydrogen-bond acceptors (Lipinski definition) is 2. The smallest absolute Gasteiger partial charge is 0.0433 e. The molecule has 0 saturated carbocycles. The van der Waals surface area contributed by atoms with E-state index in [1.165, 1.54) is 33.6 Å². The molecule has 5 aromatic carbocycles. The zero-order chi connectivity index (χ0) is 24.4. The van der Waals surface area contributed by atoms with Crippen molar-refractivity contribution in [3.63, 3.8) is 0 Å². The minimum atomic E-state index is 0.868. The summed E-state index contributed by atoms with van der Waals surface area (Å²) in [4.78, 5) is 4.90. The highest BCUT2D eigenvalue weighted by molar-refractivity contribution is 5.57. The van der Waals surface area contributed by atoms with Crippen LogP contribution in [0.3, 0.4) is 0 Å². The molecule has 0 fully saturated rings. The molecule has 5 rings (SSSR count). The SMILES string of the molecule is c1ccc(CN(Cc2ccccc2)c2ccc(N(Cc3ccccc3)Cc3ccccc3)cc2)cc1. The second kappa shape index (κ2) is 11.9. The minimum absolute atomic E-state index is 0.868. The van der Waals surface area contributed by atoms with Crippen molar-refractivity contribution in [2.24, 2.45) is 0 Å². The van der Waals surface area contributed by atoms with Crippen LogP contribution in [0.1, 0.15) is 22.3 Å². The molecule has 2 heteroatoms. The molecule has 0 amide bonds. The molecule has 5 aromatic rings. The monoisotopic (exact) mass is 468 g/mol. The number of hydrogen-bond donors (Lipinski definition) is 0. The van der Waals surface area contributed by atoms with Gasteiger partial charge >= 0.3 is 0 Å². The van der Waals surface area contributed by atoms with Crippen molar-refractivity contribution in [1.82, 2.24) is 0 Å². The van der Waals surface area contributed by atoms with Gasteiger partial charge in [-0.3, -0.25) is 0 Å². The molecular formula is C34H32N2. The second-order valence-corrected chi connectivity index (χ2v) is 9.17. The first-order chi connectivity index (χ1) is 17.8. The summed E-state index contributed by atoms with van der Waals surface area (Å²) >= 11 is 0. The summed E-state index contributed by atoms with van der Waals surface area (Å²) < 4.78 is 0. The van der Waals surface area contributed by atoms with Crippen molar-refractivity contribution in [1.29, 1.82) is 0 Å². The van der Waals surface area contributed by atoms with Crippen molar-refractivity contribution < 1.29 is 0 Å². The third kappa shape index (κ3) is 6.43. The van der Waals surface area contributed by atoms with Crippen LogP contribution in [0, 0.1) is 0 Å². The summed E-state index contributed by atoms with van der Waals surface area (Å²) in [5.41, 5.74) is 7.70. The van der Waals surface area contributed by atoms with Crippen LogP contribution in [0.25, 0.3) is 0 Å². The Hall–Kier alpha value is -4.30. The number of anilines is 2. The van der Waals surface area contributed by atoms with E-state index < -0.39 is 0 Å². The molecule has 0 aliphatic rings. The summed E-state index contributed by atoms with van der Waals surface area (Å²) in [7, 11) is 0. The number of nitrogens with zero attached hydrogens (tertiary/aromatic N) is 2. The van der Waals surface area contributed by atoms with E-state index in [-0.39, 0.29) is 0 Å². The second-order valence-electron chi connectivity index (χ2n) is 9.17. The fraction of sp³-hybridized carbons (Fsp3) is 0.118. The van der Waals surface area contributed by atoms with E-state index in [0.717, 1.165) is 26.2 Å². The molecule has 0 aliphatic heterocycles. The summed E-state index contributed by atoms with van der Waals surface area (Å²) in [5, 5.41) is 0. The lowest BCUT2D eigenvalue weighted by Crippen LogP contribution is -2.23. The van der Waals surface area contributed by atoms with Gasteiger partial charge in [-0.15, -0.1) is 0 Å². The average molecular weight is 469 g/mol. The Bertz CT molecular complexity index is 1110. The first kappa shape index (κ1) is 23.4. The minimum Gasteiger partial charge on any atom is -0.363 e. The van der Waals surface area contributed by atoms with E-state index in [0.29, 0.717) is 0 Å². The predicted octanol–water partition coefficient (Wildman–Crippen LogP) is 8.10. The van der Waals surface area contributed by atoms with E-state index >= 15 is 0 Å². The Morgan fingerprint density at radius 1 is 0.278 bits per heavy atom. The molecule has 178 valence electrons. The zero-order valence-electron chi connectivity index (χ0n) is 20.6. The summed E-state index contributed by atoms with van der Waals surface area (Å²) in [6, 6.07) is 51.9. The number of rotatable bonds is 10. The maximum Gasteiger partial charge on any atom is 0.0433 e. The maximum absolute atomic E-state index is 2.45. The van der Waals surface area contributed by atoms with Crippen molar-refractivity contribution in [3.05, 3.63) is 168 Å². The molecule has 2 nitrogen and oxygen atoms in total. The quantitative estimate of drug-likeness (QED) is 0.204. The highest BCUT2D eigenvalue weighted by Crippen LogP contribution is 2.26. The molecule has 0 spiro atoms. The first-order valence-corrected chi connectivity index (χ1v) is 12.6. The lowest BCUT2D eigenvalue weighted by molar-refractivity contribution is 0.791. The van der Waals surface area contributed by atoms with Gasteiger partial charge in [0.25, 0.3) is 0 Å². The maximum atomic E-state index is 2.45. The Morgan fingerprint density at radius 3 is 0.722 bits per heavy atom. The molecule has 0 N–H and O–H groups in total. The van der Waals surface area contributed by atoms with E-state index in [1.54, 1.807) is 0 Å². The molecular weight excluding hydrogens is 436 g/mol. The van der Waals surface area contributed by atoms with Crippen molar-refractivity contribution >= 4 is 11.4 Å². The highest BCUT2D eigenvalue weighted by atomic mass is 15.1. The largest absolute Gasteiger partial charge is 0.363 e. The van der Waals surface area contributed by atoms with Crippen LogP contribution >= 0.6 is 0 Å². The topological polar surface area (TPSA) is 6.48 Å². The predicted molar refractivity (Wildman–Crippen MR) is 152 cm³/mol. The van der Waals surface area contributed by atoms with Crippen LogP contribution in [0.15, 0.2) is 146 Å². The Morgan fingerprint density at radius 2 is 0.500 bits per heavy atom. The van der Waals surface area contributed by atoms with Gasteiger partial charge in [0.2, 0.25) is 0 Å². The van der Waals surface area contributed by atoms with Crippen molar-refractivity contribution in [3.8, 4) is 0 Å². The third-order valence-corrected chi connectivity index (χ3v) is 6.45. The fourth-order valence-electron chi connectivity index (χ4n) is 4.57. The zero-order valence-corrected chi connectivity index (χ0v) is 20.6. The Balaban J connectivity index is 1.41. The average Bonchev–Trinajstić information content (AvgIpc) is 2.95. The van der Waals surface area contributed by atoms with Crippen LogP contribution in [-0.2, 0) is 26.2 Å². The van der Waals surface area contributed by atoms with Gasteiger partial charge in [0.1, 0.15) is 0 Å². The molecule has 0 radical (unpaired) electrons. The van der Waals surface area contributed by atoms with E-state index in [2.05, 4.69) is 155 Å². The first-order valence-electron chi connectivity index (χ1n) is 12.6. The number of benzene rings is 5. The van der Waals surface area contributed by atoms with Gasteiger partial charge in [-0.25, -0.2) is 0 Å². The fourth-order valence-corrected chi connectivity index (χ4v) is 4.57. The van der Waals surface area contributed by atoms with Gasteiger partial charge in [-0.05, 0) is 46.5 Å². The van der Waals surface area contributed by atoms with E-state index in [1.807, 2.05) is 0 Å². The molecule has 0 saturated heterocycles. The molecule has 0 aromatic heterocycles. The molecule has 0 bridgehead atoms. The van der Waals surface area contributed by atoms with Crippen molar-refractivity contribution in [2.75, 3.05) is 9.80 Å². The van der Waals surface area contributed by atoms with Gasteiger partial charge in [-0.1, -0.05) is 121 Å². The van der Waals surface area contributed by atoms with Crippen LogP contribution in [0.2, 0.25) is 0 Å². The standard InChI is InChI=1S/C34H32N2/c1-5-13-29(14-6-1)25-35(26-30-15-7-2-8-16-30)33-21-23-34(24-22-33)36(27-31-17-9-3-10-18-31)28-32-19-11-4-12-20-32/h1-24H,25-28H2. The Labute approximate surface area is 215 Å². The van der Waals surface area contributed by atoms with E-state index in [4.69, 9.17) is 0 Å². The van der Waals surface area contributed by atoms with Gasteiger partial charge < -0.3 is 9.80 Å². The van der Waals surface area contributed by atoms with Gasteiger partial charge in [0.15, 0.2) is 0 Å². The van der Waals surface area contributed by atoms with Crippen LogP contribution in [-0.4, -0.2) is 0 Å². The van der Waals surface area contributed by atoms with Gasteiger partial charge in [-0.2, -0.15) is 0 Å². The van der Waals surface area contributed by atoms with Crippen LogP contribution < -0.4 is 9.80 Å². The highest BCUT2D eigenvalue weighted by Gasteiger charge is 2.12. The van der Waals surface area contributed by atoms with Crippen LogP contribution in [0.4, 0.5) is 11.4 Å². The third-order valence-electron chi connectivity index (χ3n) is 6.45. The summed E-state index contributed by atoms with van der Waals surface area (Å²) in [6.45, 7) is 3.47.